The SMILES string of the molecule is COc1ccc(-n2nnc(CO)c2-c2cc(F)cc(F)c2)cc1F. The van der Waals surface area contributed by atoms with Gasteiger partial charge in [0.2, 0.25) is 0 Å². The van der Waals surface area contributed by atoms with Gasteiger partial charge in [-0.2, -0.15) is 0 Å². The van der Waals surface area contributed by atoms with E-state index in [1.165, 1.54) is 23.9 Å². The number of aliphatic hydroxyl groups is 1. The molecule has 0 fully saturated rings. The predicted molar refractivity (Wildman–Crippen MR) is 79.1 cm³/mol. The van der Waals surface area contributed by atoms with Gasteiger partial charge in [-0.1, -0.05) is 5.21 Å². The molecule has 124 valence electrons. The zero-order valence-corrected chi connectivity index (χ0v) is 12.5. The number of ether oxygens (including phenoxy) is 1. The molecule has 0 atom stereocenters. The van der Waals surface area contributed by atoms with Crippen molar-refractivity contribution in [3.8, 4) is 22.7 Å². The van der Waals surface area contributed by atoms with Gasteiger partial charge in [-0.3, -0.25) is 0 Å². The molecule has 0 bridgehead atoms. The average molecular weight is 335 g/mol. The van der Waals surface area contributed by atoms with Gasteiger partial charge in [0.15, 0.2) is 11.6 Å². The number of benzene rings is 2. The van der Waals surface area contributed by atoms with E-state index in [1.54, 1.807) is 0 Å². The van der Waals surface area contributed by atoms with Crippen LogP contribution in [0.4, 0.5) is 13.2 Å². The van der Waals surface area contributed by atoms with Crippen LogP contribution in [0.1, 0.15) is 5.69 Å². The maximum atomic E-state index is 13.9. The number of rotatable bonds is 4. The minimum absolute atomic E-state index is 0.0413. The molecule has 3 aromatic rings. The first-order valence-electron chi connectivity index (χ1n) is 6.89. The van der Waals surface area contributed by atoms with Crippen LogP contribution >= 0.6 is 0 Å². The van der Waals surface area contributed by atoms with E-state index in [0.717, 1.165) is 24.3 Å². The van der Waals surface area contributed by atoms with Gasteiger partial charge in [0.05, 0.1) is 19.4 Å². The lowest BCUT2D eigenvalue weighted by Crippen LogP contribution is -2.02. The number of hydrogen-bond donors (Lipinski definition) is 1. The molecule has 3 rings (SSSR count). The third kappa shape index (κ3) is 2.83. The van der Waals surface area contributed by atoms with Gasteiger partial charge < -0.3 is 9.84 Å². The van der Waals surface area contributed by atoms with Crippen molar-refractivity contribution in [3.63, 3.8) is 0 Å². The minimum Gasteiger partial charge on any atom is -0.494 e. The summed E-state index contributed by atoms with van der Waals surface area (Å²) in [6.07, 6.45) is 0. The molecule has 0 saturated carbocycles. The lowest BCUT2D eigenvalue weighted by atomic mass is 10.1. The number of methoxy groups -OCH3 is 1. The molecule has 0 aliphatic heterocycles. The van der Waals surface area contributed by atoms with E-state index in [-0.39, 0.29) is 28.4 Å². The van der Waals surface area contributed by atoms with Crippen molar-refractivity contribution in [2.45, 2.75) is 6.61 Å². The summed E-state index contributed by atoms with van der Waals surface area (Å²) in [5.74, 6) is -2.17. The molecule has 0 spiro atoms. The molecule has 0 saturated heterocycles. The Hall–Kier alpha value is -2.87. The summed E-state index contributed by atoms with van der Waals surface area (Å²) in [4.78, 5) is 0. The molecular weight excluding hydrogens is 323 g/mol. The van der Waals surface area contributed by atoms with E-state index >= 15 is 0 Å². The molecule has 0 amide bonds. The normalized spacial score (nSPS) is 10.9. The Morgan fingerprint density at radius 1 is 1.08 bits per heavy atom. The fraction of sp³-hybridized carbons (Fsp3) is 0.125. The highest BCUT2D eigenvalue weighted by molar-refractivity contribution is 5.64. The summed E-state index contributed by atoms with van der Waals surface area (Å²) in [5.41, 5.74) is 0.662. The highest BCUT2D eigenvalue weighted by Crippen LogP contribution is 2.28. The van der Waals surface area contributed by atoms with Gasteiger partial charge in [-0.05, 0) is 24.3 Å². The van der Waals surface area contributed by atoms with Crippen molar-refractivity contribution in [1.82, 2.24) is 15.0 Å². The Bertz CT molecular complexity index is 876. The average Bonchev–Trinajstić information content (AvgIpc) is 2.97. The Morgan fingerprint density at radius 3 is 2.38 bits per heavy atom. The minimum atomic E-state index is -0.789. The first kappa shape index (κ1) is 16.0. The van der Waals surface area contributed by atoms with E-state index in [1.807, 2.05) is 0 Å². The van der Waals surface area contributed by atoms with Crippen molar-refractivity contribution < 1.29 is 23.0 Å². The molecule has 5 nitrogen and oxygen atoms in total. The summed E-state index contributed by atoms with van der Waals surface area (Å²) in [5, 5.41) is 17.0. The quantitative estimate of drug-likeness (QED) is 0.796. The van der Waals surface area contributed by atoms with Crippen LogP contribution in [-0.2, 0) is 6.61 Å². The molecule has 0 aliphatic carbocycles. The fourth-order valence-corrected chi connectivity index (χ4v) is 2.37. The number of nitrogens with zero attached hydrogens (tertiary/aromatic N) is 3. The Labute approximate surface area is 134 Å². The molecule has 24 heavy (non-hydrogen) atoms. The summed E-state index contributed by atoms with van der Waals surface area (Å²) in [7, 11) is 1.33. The highest BCUT2D eigenvalue weighted by Gasteiger charge is 2.18. The predicted octanol–water partition coefficient (Wildman–Crippen LogP) is 2.85. The molecule has 1 aromatic heterocycles. The Morgan fingerprint density at radius 2 is 1.79 bits per heavy atom. The molecule has 1 N–H and O–H groups in total. The van der Waals surface area contributed by atoms with Crippen LogP contribution in [0, 0.1) is 17.5 Å². The topological polar surface area (TPSA) is 60.2 Å². The largest absolute Gasteiger partial charge is 0.494 e. The molecule has 0 aliphatic rings. The smallest absolute Gasteiger partial charge is 0.167 e. The van der Waals surface area contributed by atoms with Gasteiger partial charge >= 0.3 is 0 Å². The van der Waals surface area contributed by atoms with Gasteiger partial charge in [0, 0.05) is 17.7 Å². The molecule has 8 heteroatoms. The van der Waals surface area contributed by atoms with Crippen LogP contribution in [0.25, 0.3) is 16.9 Å². The Kier molecular flexibility index (Phi) is 4.22. The summed E-state index contributed by atoms with van der Waals surface area (Å²) in [6.45, 7) is -0.494. The lowest BCUT2D eigenvalue weighted by molar-refractivity contribution is 0.277. The second-order valence-corrected chi connectivity index (χ2v) is 4.93. The van der Waals surface area contributed by atoms with Gasteiger partial charge in [-0.15, -0.1) is 5.10 Å². The third-order valence-corrected chi connectivity index (χ3v) is 3.41. The fourth-order valence-electron chi connectivity index (χ4n) is 2.37. The highest BCUT2D eigenvalue weighted by atomic mass is 19.1. The zero-order chi connectivity index (χ0) is 17.3. The van der Waals surface area contributed by atoms with E-state index < -0.39 is 24.1 Å². The molecule has 1 heterocycles. The first-order chi connectivity index (χ1) is 11.5. The van der Waals surface area contributed by atoms with Crippen LogP contribution in [0.3, 0.4) is 0 Å². The number of halogens is 3. The van der Waals surface area contributed by atoms with Gasteiger partial charge in [0.25, 0.3) is 0 Å². The van der Waals surface area contributed by atoms with Crippen LogP contribution in [0.5, 0.6) is 5.75 Å². The zero-order valence-electron chi connectivity index (χ0n) is 12.5. The molecule has 0 radical (unpaired) electrons. The maximum absolute atomic E-state index is 13.9. The number of aliphatic hydroxyl groups excluding tert-OH is 1. The summed E-state index contributed by atoms with van der Waals surface area (Å²) >= 11 is 0. The van der Waals surface area contributed by atoms with E-state index in [4.69, 9.17) is 4.74 Å². The van der Waals surface area contributed by atoms with Gasteiger partial charge in [-0.25, -0.2) is 17.9 Å². The van der Waals surface area contributed by atoms with E-state index in [2.05, 4.69) is 10.3 Å². The second kappa shape index (κ2) is 6.32. The maximum Gasteiger partial charge on any atom is 0.167 e. The second-order valence-electron chi connectivity index (χ2n) is 4.93. The number of aromatic nitrogens is 3. The summed E-state index contributed by atoms with van der Waals surface area (Å²) < 4.78 is 47.0. The lowest BCUT2D eigenvalue weighted by Gasteiger charge is -2.10. The van der Waals surface area contributed by atoms with Crippen LogP contribution in [0.2, 0.25) is 0 Å². The van der Waals surface area contributed by atoms with E-state index in [0.29, 0.717) is 0 Å². The monoisotopic (exact) mass is 335 g/mol. The van der Waals surface area contributed by atoms with Crippen molar-refractivity contribution in [2.24, 2.45) is 0 Å². The molecular formula is C16H12F3N3O2. The molecule has 0 unspecified atom stereocenters. The number of hydrogen-bond acceptors (Lipinski definition) is 4. The van der Waals surface area contributed by atoms with Crippen LogP contribution in [-0.4, -0.2) is 27.2 Å². The van der Waals surface area contributed by atoms with Crippen molar-refractivity contribution >= 4 is 0 Å². The van der Waals surface area contributed by atoms with Crippen LogP contribution in [0.15, 0.2) is 36.4 Å². The van der Waals surface area contributed by atoms with Gasteiger partial charge in [0.1, 0.15) is 23.0 Å². The van der Waals surface area contributed by atoms with Crippen molar-refractivity contribution in [3.05, 3.63) is 59.5 Å². The standard InChI is InChI=1S/C16H12F3N3O2/c1-24-15-3-2-12(7-13(15)19)22-16(14(8-23)20-21-22)9-4-10(17)6-11(18)5-9/h2-7,23H,8H2,1H3. The van der Waals surface area contributed by atoms with Crippen molar-refractivity contribution in [1.29, 1.82) is 0 Å². The molecule has 2 aromatic carbocycles. The first-order valence-corrected chi connectivity index (χ1v) is 6.89. The van der Waals surface area contributed by atoms with Crippen LogP contribution < -0.4 is 4.74 Å². The van der Waals surface area contributed by atoms with Crippen molar-refractivity contribution in [2.75, 3.05) is 7.11 Å². The summed E-state index contributed by atoms with van der Waals surface area (Å²) in [6, 6.07) is 6.93. The third-order valence-electron chi connectivity index (χ3n) is 3.41. The Balaban J connectivity index is 2.20. The van der Waals surface area contributed by atoms with E-state index in [9.17, 15) is 18.3 Å².